The highest BCUT2D eigenvalue weighted by Crippen LogP contribution is 2.08. The van der Waals surface area contributed by atoms with Gasteiger partial charge in [-0.2, -0.15) is 0 Å². The Bertz CT molecular complexity index is 465. The summed E-state index contributed by atoms with van der Waals surface area (Å²) in [5.41, 5.74) is 0. The number of rotatable bonds is 8. The number of hydrogen-bond donors (Lipinski definition) is 1. The van der Waals surface area contributed by atoms with Crippen LogP contribution >= 0.6 is 11.3 Å². The van der Waals surface area contributed by atoms with Crippen molar-refractivity contribution in [2.24, 2.45) is 0 Å². The maximum absolute atomic E-state index is 11.6. The summed E-state index contributed by atoms with van der Waals surface area (Å²) in [6.07, 6.45) is 10.2. The summed E-state index contributed by atoms with van der Waals surface area (Å²) in [7, 11) is 0. The number of imidazole rings is 1. The lowest BCUT2D eigenvalue weighted by Crippen LogP contribution is -2.23. The first-order valence-corrected chi connectivity index (χ1v) is 7.51. The Hall–Kier alpha value is -1.62. The number of unbranched alkanes of at least 4 members (excludes halogenated alkanes) is 3. The van der Waals surface area contributed by atoms with E-state index in [1.165, 1.54) is 17.8 Å². The predicted octanol–water partition coefficient (Wildman–Crippen LogP) is 2.94. The molecule has 0 aliphatic carbocycles. The van der Waals surface area contributed by atoms with Gasteiger partial charge < -0.3 is 9.88 Å². The van der Waals surface area contributed by atoms with Crippen molar-refractivity contribution >= 4 is 17.2 Å². The smallest absolute Gasteiger partial charge is 0.261 e. The summed E-state index contributed by atoms with van der Waals surface area (Å²) in [6, 6.07) is 3.75. The zero-order valence-corrected chi connectivity index (χ0v) is 11.7. The van der Waals surface area contributed by atoms with Crippen LogP contribution in [-0.4, -0.2) is 22.0 Å². The number of thiophene rings is 1. The average molecular weight is 277 g/mol. The number of carbonyl (C=O) groups is 1. The second kappa shape index (κ2) is 7.74. The molecule has 2 heterocycles. The van der Waals surface area contributed by atoms with Crippen LogP contribution in [0.3, 0.4) is 0 Å². The molecule has 5 heteroatoms. The third kappa shape index (κ3) is 4.87. The summed E-state index contributed by atoms with van der Waals surface area (Å²) < 4.78 is 2.10. The molecule has 0 saturated heterocycles. The van der Waals surface area contributed by atoms with Gasteiger partial charge in [-0.15, -0.1) is 11.3 Å². The van der Waals surface area contributed by atoms with Gasteiger partial charge in [0.2, 0.25) is 0 Å². The highest BCUT2D eigenvalue weighted by Gasteiger charge is 2.04. The number of amides is 1. The Morgan fingerprint density at radius 1 is 1.32 bits per heavy atom. The predicted molar refractivity (Wildman–Crippen MR) is 77.3 cm³/mol. The fourth-order valence-corrected chi connectivity index (χ4v) is 2.53. The van der Waals surface area contributed by atoms with Crippen molar-refractivity contribution in [1.29, 1.82) is 0 Å². The first kappa shape index (κ1) is 13.8. The van der Waals surface area contributed by atoms with Crippen LogP contribution in [0.25, 0.3) is 0 Å². The molecule has 2 aromatic rings. The molecule has 0 fully saturated rings. The van der Waals surface area contributed by atoms with Crippen molar-refractivity contribution in [1.82, 2.24) is 14.9 Å². The molecule has 0 spiro atoms. The molecule has 0 bridgehead atoms. The zero-order valence-electron chi connectivity index (χ0n) is 10.9. The van der Waals surface area contributed by atoms with Gasteiger partial charge in [0.1, 0.15) is 0 Å². The van der Waals surface area contributed by atoms with Gasteiger partial charge in [0.25, 0.3) is 5.91 Å². The normalized spacial score (nSPS) is 10.5. The van der Waals surface area contributed by atoms with Crippen LogP contribution in [0.4, 0.5) is 0 Å². The molecule has 0 aromatic carbocycles. The van der Waals surface area contributed by atoms with Crippen molar-refractivity contribution in [3.05, 3.63) is 41.1 Å². The number of carbonyl (C=O) groups excluding carboxylic acids is 1. The monoisotopic (exact) mass is 277 g/mol. The van der Waals surface area contributed by atoms with Gasteiger partial charge >= 0.3 is 0 Å². The lowest BCUT2D eigenvalue weighted by atomic mass is 10.2. The number of nitrogens with one attached hydrogen (secondary N) is 1. The van der Waals surface area contributed by atoms with Crippen LogP contribution < -0.4 is 5.32 Å². The van der Waals surface area contributed by atoms with Crippen molar-refractivity contribution in [3.8, 4) is 0 Å². The highest BCUT2D eigenvalue weighted by atomic mass is 32.1. The van der Waals surface area contributed by atoms with Crippen LogP contribution in [-0.2, 0) is 6.54 Å². The van der Waals surface area contributed by atoms with Gasteiger partial charge in [-0.25, -0.2) is 4.98 Å². The van der Waals surface area contributed by atoms with Crippen LogP contribution in [0.2, 0.25) is 0 Å². The topological polar surface area (TPSA) is 46.9 Å². The molecule has 2 rings (SSSR count). The highest BCUT2D eigenvalue weighted by molar-refractivity contribution is 7.12. The van der Waals surface area contributed by atoms with E-state index in [2.05, 4.69) is 14.9 Å². The van der Waals surface area contributed by atoms with Crippen molar-refractivity contribution in [2.45, 2.75) is 32.2 Å². The van der Waals surface area contributed by atoms with Crippen molar-refractivity contribution in [2.75, 3.05) is 6.54 Å². The molecule has 0 aliphatic rings. The molecule has 2 aromatic heterocycles. The molecule has 0 atom stereocenters. The van der Waals surface area contributed by atoms with Gasteiger partial charge in [0.15, 0.2) is 0 Å². The van der Waals surface area contributed by atoms with E-state index >= 15 is 0 Å². The largest absolute Gasteiger partial charge is 0.351 e. The van der Waals surface area contributed by atoms with E-state index in [1.807, 2.05) is 30.0 Å². The standard InChI is InChI=1S/C14H19N3OS/c18-14(13-6-5-11-19-13)16-7-3-1-2-4-9-17-10-8-15-12-17/h5-6,8,10-12H,1-4,7,9H2,(H,16,18). The summed E-state index contributed by atoms with van der Waals surface area (Å²) in [6.45, 7) is 1.80. The zero-order chi connectivity index (χ0) is 13.3. The second-order valence-corrected chi connectivity index (χ2v) is 5.40. The minimum atomic E-state index is 0.0495. The fraction of sp³-hybridized carbons (Fsp3) is 0.429. The van der Waals surface area contributed by atoms with E-state index in [-0.39, 0.29) is 5.91 Å². The Morgan fingerprint density at radius 3 is 2.95 bits per heavy atom. The number of nitrogens with zero attached hydrogens (tertiary/aromatic N) is 2. The van der Waals surface area contributed by atoms with E-state index in [9.17, 15) is 4.79 Å². The Kier molecular flexibility index (Phi) is 5.62. The maximum Gasteiger partial charge on any atom is 0.261 e. The second-order valence-electron chi connectivity index (χ2n) is 4.45. The SMILES string of the molecule is O=C(NCCCCCCn1ccnc1)c1cccs1. The Balaban J connectivity index is 1.47. The number of aromatic nitrogens is 2. The minimum Gasteiger partial charge on any atom is -0.351 e. The molecule has 19 heavy (non-hydrogen) atoms. The Morgan fingerprint density at radius 2 is 2.21 bits per heavy atom. The molecule has 0 aliphatic heterocycles. The molecule has 0 unspecified atom stereocenters. The lowest BCUT2D eigenvalue weighted by molar-refractivity contribution is 0.0957. The first-order valence-electron chi connectivity index (χ1n) is 6.64. The Labute approximate surface area is 117 Å². The molecule has 0 radical (unpaired) electrons. The third-order valence-corrected chi connectivity index (χ3v) is 3.80. The van der Waals surface area contributed by atoms with Gasteiger partial charge in [-0.05, 0) is 24.3 Å². The molecule has 4 nitrogen and oxygen atoms in total. The average Bonchev–Trinajstić information content (AvgIpc) is 3.10. The summed E-state index contributed by atoms with van der Waals surface area (Å²) in [4.78, 5) is 16.4. The number of aryl methyl sites for hydroxylation is 1. The van der Waals surface area contributed by atoms with E-state index in [0.29, 0.717) is 0 Å². The van der Waals surface area contributed by atoms with Crippen LogP contribution in [0, 0.1) is 0 Å². The quantitative estimate of drug-likeness (QED) is 0.754. The molecule has 0 saturated carbocycles. The lowest BCUT2D eigenvalue weighted by Gasteiger charge is -2.04. The van der Waals surface area contributed by atoms with Crippen LogP contribution in [0.15, 0.2) is 36.2 Å². The molecule has 1 N–H and O–H groups in total. The summed E-state index contributed by atoms with van der Waals surface area (Å²) >= 11 is 1.48. The van der Waals surface area contributed by atoms with Gasteiger partial charge in [-0.1, -0.05) is 18.9 Å². The first-order chi connectivity index (χ1) is 9.36. The van der Waals surface area contributed by atoms with E-state index in [1.54, 1.807) is 6.20 Å². The molecule has 102 valence electrons. The molecular weight excluding hydrogens is 258 g/mol. The van der Waals surface area contributed by atoms with Gasteiger partial charge in [0, 0.05) is 25.5 Å². The summed E-state index contributed by atoms with van der Waals surface area (Å²) in [5.74, 6) is 0.0495. The third-order valence-electron chi connectivity index (χ3n) is 2.93. The molecular formula is C14H19N3OS. The fourth-order valence-electron chi connectivity index (χ4n) is 1.89. The van der Waals surface area contributed by atoms with Crippen LogP contribution in [0.1, 0.15) is 35.4 Å². The van der Waals surface area contributed by atoms with E-state index < -0.39 is 0 Å². The molecule has 1 amide bonds. The maximum atomic E-state index is 11.6. The van der Waals surface area contributed by atoms with E-state index in [0.717, 1.165) is 37.2 Å². The van der Waals surface area contributed by atoms with Gasteiger partial charge in [-0.3, -0.25) is 4.79 Å². The number of hydrogen-bond acceptors (Lipinski definition) is 3. The van der Waals surface area contributed by atoms with Crippen LogP contribution in [0.5, 0.6) is 0 Å². The van der Waals surface area contributed by atoms with E-state index in [4.69, 9.17) is 0 Å². The summed E-state index contributed by atoms with van der Waals surface area (Å²) in [5, 5.41) is 4.87. The van der Waals surface area contributed by atoms with Crippen molar-refractivity contribution in [3.63, 3.8) is 0 Å². The van der Waals surface area contributed by atoms with Gasteiger partial charge in [0.05, 0.1) is 11.2 Å². The minimum absolute atomic E-state index is 0.0495. The van der Waals surface area contributed by atoms with Crippen molar-refractivity contribution < 1.29 is 4.79 Å².